The highest BCUT2D eigenvalue weighted by Crippen LogP contribution is 2.22. The Kier molecular flexibility index (Phi) is 9.52. The highest BCUT2D eigenvalue weighted by Gasteiger charge is 2.27. The zero-order valence-electron chi connectivity index (χ0n) is 13.2. The van der Waals surface area contributed by atoms with Crippen molar-refractivity contribution in [2.45, 2.75) is 32.2 Å². The van der Waals surface area contributed by atoms with E-state index in [1.54, 1.807) is 6.20 Å². The van der Waals surface area contributed by atoms with Gasteiger partial charge in [0.25, 0.3) is 0 Å². The number of nitrogens with zero attached hydrogens (tertiary/aromatic N) is 2. The maximum atomic E-state index is 12.5. The second kappa shape index (κ2) is 10.9. The van der Waals surface area contributed by atoms with E-state index in [1.807, 2.05) is 28.9 Å². The monoisotopic (exact) mass is 343 g/mol. The van der Waals surface area contributed by atoms with Crippen LogP contribution in [0.3, 0.4) is 0 Å². The maximum absolute atomic E-state index is 12.5. The molecule has 1 saturated heterocycles. The molecule has 6 heteroatoms. The molecule has 0 aromatic carbocycles. The lowest BCUT2D eigenvalue weighted by atomic mass is 10.1. The number of amides is 1. The smallest absolute Gasteiger partial charge is 0.224 e. The first kappa shape index (κ1) is 19.3. The highest BCUT2D eigenvalue weighted by molar-refractivity contribution is 7.99. The van der Waals surface area contributed by atoms with Crippen LogP contribution in [0.5, 0.6) is 0 Å². The molecule has 124 valence electrons. The fourth-order valence-electron chi connectivity index (χ4n) is 2.53. The zero-order chi connectivity index (χ0) is 14.9. The number of halogens is 1. The summed E-state index contributed by atoms with van der Waals surface area (Å²) in [6, 6.07) is 4.12. The normalized spacial score (nSPS) is 17.9. The summed E-state index contributed by atoms with van der Waals surface area (Å²) in [5, 5.41) is 3.38. The topological polar surface area (TPSA) is 45.2 Å². The van der Waals surface area contributed by atoms with Gasteiger partial charge in [0.15, 0.2) is 0 Å². The third kappa shape index (κ3) is 5.78. The van der Waals surface area contributed by atoms with Gasteiger partial charge in [-0.25, -0.2) is 0 Å². The molecule has 0 radical (unpaired) electrons. The summed E-state index contributed by atoms with van der Waals surface area (Å²) in [7, 11) is 0. The molecule has 0 spiro atoms. The Hall–Kier alpha value is -0.780. The number of rotatable bonds is 7. The molecule has 4 nitrogen and oxygen atoms in total. The minimum Gasteiger partial charge on any atom is -0.333 e. The summed E-state index contributed by atoms with van der Waals surface area (Å²) in [5.41, 5.74) is 1.12. The van der Waals surface area contributed by atoms with Crippen LogP contribution in [0.1, 0.15) is 37.8 Å². The first-order valence-electron chi connectivity index (χ1n) is 7.80. The van der Waals surface area contributed by atoms with Gasteiger partial charge in [-0.1, -0.05) is 19.4 Å². The van der Waals surface area contributed by atoms with Gasteiger partial charge in [-0.3, -0.25) is 9.78 Å². The quantitative estimate of drug-likeness (QED) is 0.773. The summed E-state index contributed by atoms with van der Waals surface area (Å²) in [4.78, 5) is 18.7. The molecule has 1 aromatic heterocycles. The summed E-state index contributed by atoms with van der Waals surface area (Å²) >= 11 is 1.89. The molecule has 22 heavy (non-hydrogen) atoms. The Bertz CT molecular complexity index is 433. The SMILES string of the molecule is CCCCSCCC(=O)N1CCNCC1c1cccnc1.Cl. The Morgan fingerprint density at radius 1 is 1.50 bits per heavy atom. The number of hydrogen-bond acceptors (Lipinski definition) is 4. The lowest BCUT2D eigenvalue weighted by Gasteiger charge is -2.36. The standard InChI is InChI=1S/C16H25N3OS.ClH/c1-2-3-10-21-11-6-16(20)19-9-8-18-13-15(19)14-5-4-7-17-12-14;/h4-5,7,12,15,18H,2-3,6,8-11,13H2,1H3;1H. The van der Waals surface area contributed by atoms with E-state index in [9.17, 15) is 4.79 Å². The molecule has 0 bridgehead atoms. The van der Waals surface area contributed by atoms with Gasteiger partial charge in [-0.05, 0) is 23.8 Å². The van der Waals surface area contributed by atoms with Crippen LogP contribution in [0.4, 0.5) is 0 Å². The summed E-state index contributed by atoms with van der Waals surface area (Å²) in [6.45, 7) is 4.69. The van der Waals surface area contributed by atoms with Gasteiger partial charge in [0.05, 0.1) is 6.04 Å². The van der Waals surface area contributed by atoms with Gasteiger partial charge in [-0.2, -0.15) is 11.8 Å². The van der Waals surface area contributed by atoms with Crippen LogP contribution in [0.2, 0.25) is 0 Å². The number of unbranched alkanes of at least 4 members (excludes halogenated alkanes) is 1. The largest absolute Gasteiger partial charge is 0.333 e. The molecule has 1 aliphatic heterocycles. The van der Waals surface area contributed by atoms with Crippen LogP contribution in [-0.2, 0) is 4.79 Å². The van der Waals surface area contributed by atoms with Gasteiger partial charge in [-0.15, -0.1) is 12.4 Å². The molecule has 1 aliphatic rings. The molecule has 1 amide bonds. The first-order chi connectivity index (χ1) is 10.3. The average molecular weight is 344 g/mol. The van der Waals surface area contributed by atoms with Crippen molar-refractivity contribution in [3.8, 4) is 0 Å². The molecule has 0 saturated carbocycles. The third-order valence-corrected chi connectivity index (χ3v) is 4.81. The van der Waals surface area contributed by atoms with E-state index >= 15 is 0 Å². The number of hydrogen-bond donors (Lipinski definition) is 1. The van der Waals surface area contributed by atoms with E-state index in [0.29, 0.717) is 6.42 Å². The first-order valence-corrected chi connectivity index (χ1v) is 8.96. The molecule has 1 aromatic rings. The van der Waals surface area contributed by atoms with Gasteiger partial charge < -0.3 is 10.2 Å². The Morgan fingerprint density at radius 3 is 3.09 bits per heavy atom. The summed E-state index contributed by atoms with van der Waals surface area (Å²) in [6.07, 6.45) is 6.75. The van der Waals surface area contributed by atoms with Crippen molar-refractivity contribution in [2.24, 2.45) is 0 Å². The lowest BCUT2D eigenvalue weighted by Crippen LogP contribution is -2.48. The average Bonchev–Trinajstić information content (AvgIpc) is 2.55. The van der Waals surface area contributed by atoms with Crippen molar-refractivity contribution in [1.82, 2.24) is 15.2 Å². The van der Waals surface area contributed by atoms with Gasteiger partial charge in [0.1, 0.15) is 0 Å². The van der Waals surface area contributed by atoms with Crippen LogP contribution in [-0.4, -0.2) is 46.9 Å². The predicted octanol–water partition coefficient (Wildman–Crippen LogP) is 2.90. The number of carbonyl (C=O) groups is 1. The van der Waals surface area contributed by atoms with Crippen LogP contribution in [0.15, 0.2) is 24.5 Å². The molecule has 1 unspecified atom stereocenters. The number of thioether (sulfide) groups is 1. The second-order valence-electron chi connectivity index (χ2n) is 5.31. The zero-order valence-corrected chi connectivity index (χ0v) is 14.8. The van der Waals surface area contributed by atoms with E-state index in [4.69, 9.17) is 0 Å². The van der Waals surface area contributed by atoms with Gasteiger partial charge in [0.2, 0.25) is 5.91 Å². The fourth-order valence-corrected chi connectivity index (χ4v) is 3.54. The Balaban J connectivity index is 0.00000242. The molecule has 1 fully saturated rings. The second-order valence-corrected chi connectivity index (χ2v) is 6.53. The number of piperazine rings is 1. The van der Waals surface area contributed by atoms with Gasteiger partial charge >= 0.3 is 0 Å². The Morgan fingerprint density at radius 2 is 2.36 bits per heavy atom. The van der Waals surface area contributed by atoms with E-state index in [1.165, 1.54) is 12.8 Å². The molecule has 0 aliphatic carbocycles. The van der Waals surface area contributed by atoms with E-state index in [-0.39, 0.29) is 24.4 Å². The van der Waals surface area contributed by atoms with Crippen molar-refractivity contribution in [3.05, 3.63) is 30.1 Å². The summed E-state index contributed by atoms with van der Waals surface area (Å²) < 4.78 is 0. The highest BCUT2D eigenvalue weighted by atomic mass is 35.5. The Labute approximate surface area is 143 Å². The fraction of sp³-hybridized carbons (Fsp3) is 0.625. The lowest BCUT2D eigenvalue weighted by molar-refractivity contribution is -0.134. The van der Waals surface area contributed by atoms with Crippen LogP contribution in [0, 0.1) is 0 Å². The maximum Gasteiger partial charge on any atom is 0.224 e. The predicted molar refractivity (Wildman–Crippen MR) is 95.7 cm³/mol. The van der Waals surface area contributed by atoms with E-state index in [2.05, 4.69) is 23.3 Å². The van der Waals surface area contributed by atoms with Crippen LogP contribution < -0.4 is 5.32 Å². The van der Waals surface area contributed by atoms with Crippen LogP contribution in [0.25, 0.3) is 0 Å². The van der Waals surface area contributed by atoms with Crippen molar-refractivity contribution in [3.63, 3.8) is 0 Å². The van der Waals surface area contributed by atoms with E-state index in [0.717, 1.165) is 36.7 Å². The number of aromatic nitrogens is 1. The minimum absolute atomic E-state index is 0. The minimum atomic E-state index is 0. The van der Waals surface area contributed by atoms with Crippen molar-refractivity contribution < 1.29 is 4.79 Å². The number of pyridine rings is 1. The van der Waals surface area contributed by atoms with Crippen LogP contribution >= 0.6 is 24.2 Å². The summed E-state index contributed by atoms with van der Waals surface area (Å²) in [5.74, 6) is 2.37. The molecule has 2 heterocycles. The van der Waals surface area contributed by atoms with Crippen molar-refractivity contribution in [1.29, 1.82) is 0 Å². The molecule has 2 rings (SSSR count). The number of nitrogens with one attached hydrogen (secondary N) is 1. The number of carbonyl (C=O) groups excluding carboxylic acids is 1. The van der Waals surface area contributed by atoms with Gasteiger partial charge in [0, 0.05) is 44.2 Å². The van der Waals surface area contributed by atoms with E-state index < -0.39 is 0 Å². The molecular weight excluding hydrogens is 318 g/mol. The molecule has 1 N–H and O–H groups in total. The molecular formula is C16H26ClN3OS. The molecule has 1 atom stereocenters. The third-order valence-electron chi connectivity index (χ3n) is 3.74. The van der Waals surface area contributed by atoms with Crippen molar-refractivity contribution >= 4 is 30.1 Å². The van der Waals surface area contributed by atoms with Crippen molar-refractivity contribution in [2.75, 3.05) is 31.1 Å².